The largest absolute Gasteiger partial charge is 0.366 e. The van der Waals surface area contributed by atoms with Crippen LogP contribution < -0.4 is 16.0 Å². The van der Waals surface area contributed by atoms with Crippen LogP contribution in [0, 0.1) is 20.8 Å². The minimum absolute atomic E-state index is 0.0640. The van der Waals surface area contributed by atoms with Crippen LogP contribution in [-0.4, -0.2) is 44.2 Å². The smallest absolute Gasteiger partial charge is 0.250 e. The van der Waals surface area contributed by atoms with Gasteiger partial charge in [0.05, 0.1) is 13.2 Å². The third kappa shape index (κ3) is 4.29. The molecular weight excluding hydrogens is 282 g/mol. The van der Waals surface area contributed by atoms with Crippen LogP contribution in [0.3, 0.4) is 0 Å². The summed E-state index contributed by atoms with van der Waals surface area (Å²) in [6.45, 7) is 7.59. The Morgan fingerprint density at radius 3 is 2.55 bits per heavy atom. The fourth-order valence-electron chi connectivity index (χ4n) is 2.58. The Morgan fingerprint density at radius 2 is 1.95 bits per heavy atom. The van der Waals surface area contributed by atoms with Gasteiger partial charge in [0, 0.05) is 18.8 Å². The van der Waals surface area contributed by atoms with Crippen molar-refractivity contribution in [3.63, 3.8) is 0 Å². The molecule has 0 saturated carbocycles. The van der Waals surface area contributed by atoms with Crippen LogP contribution in [0.2, 0.25) is 0 Å². The summed E-state index contributed by atoms with van der Waals surface area (Å²) in [5.41, 5.74) is 3.98. The van der Waals surface area contributed by atoms with Crippen molar-refractivity contribution in [2.45, 2.75) is 26.9 Å². The van der Waals surface area contributed by atoms with Gasteiger partial charge in [0.2, 0.25) is 5.91 Å². The van der Waals surface area contributed by atoms with Crippen LogP contribution in [0.15, 0.2) is 12.1 Å². The number of carbonyl (C=O) groups excluding carboxylic acids is 2. The first-order valence-corrected chi connectivity index (χ1v) is 7.45. The van der Waals surface area contributed by atoms with Crippen molar-refractivity contribution >= 4 is 17.5 Å². The lowest BCUT2D eigenvalue weighted by molar-refractivity contribution is -0.135. The lowest BCUT2D eigenvalue weighted by Crippen LogP contribution is -2.49. The first kappa shape index (κ1) is 16.5. The van der Waals surface area contributed by atoms with Gasteiger partial charge in [-0.3, -0.25) is 9.59 Å². The monoisotopic (exact) mass is 305 g/mol. The van der Waals surface area contributed by atoms with Crippen LogP contribution in [0.1, 0.15) is 16.7 Å². The molecule has 0 spiro atoms. The highest BCUT2D eigenvalue weighted by atomic mass is 16.5. The fraction of sp³-hybridized carbons (Fsp3) is 0.500. The SMILES string of the molecule is Cc1cc(C)c(NC(=O)CNC(=O)C2CNCCO2)c(C)c1. The lowest BCUT2D eigenvalue weighted by Gasteiger charge is -2.22. The van der Waals surface area contributed by atoms with E-state index in [9.17, 15) is 9.59 Å². The Bertz CT molecular complexity index is 543. The zero-order chi connectivity index (χ0) is 16.1. The molecule has 1 unspecified atom stereocenters. The summed E-state index contributed by atoms with van der Waals surface area (Å²) >= 11 is 0. The van der Waals surface area contributed by atoms with E-state index in [2.05, 4.69) is 16.0 Å². The molecule has 1 aromatic carbocycles. The molecule has 1 fully saturated rings. The van der Waals surface area contributed by atoms with Gasteiger partial charge in [-0.2, -0.15) is 0 Å². The molecule has 2 rings (SSSR count). The molecule has 0 bridgehead atoms. The van der Waals surface area contributed by atoms with Gasteiger partial charge in [0.25, 0.3) is 5.91 Å². The summed E-state index contributed by atoms with van der Waals surface area (Å²) in [4.78, 5) is 23.9. The number of benzene rings is 1. The summed E-state index contributed by atoms with van der Waals surface area (Å²) in [6, 6.07) is 4.03. The van der Waals surface area contributed by atoms with Gasteiger partial charge in [-0.05, 0) is 31.9 Å². The van der Waals surface area contributed by atoms with Crippen LogP contribution in [0.4, 0.5) is 5.69 Å². The highest BCUT2D eigenvalue weighted by Gasteiger charge is 2.22. The molecule has 1 aliphatic heterocycles. The number of anilines is 1. The summed E-state index contributed by atoms with van der Waals surface area (Å²) in [5, 5.41) is 8.54. The summed E-state index contributed by atoms with van der Waals surface area (Å²) in [6.07, 6.45) is -0.524. The first-order valence-electron chi connectivity index (χ1n) is 7.45. The summed E-state index contributed by atoms with van der Waals surface area (Å²) < 4.78 is 5.34. The quantitative estimate of drug-likeness (QED) is 0.763. The van der Waals surface area contributed by atoms with Crippen molar-refractivity contribution in [1.82, 2.24) is 10.6 Å². The molecule has 22 heavy (non-hydrogen) atoms. The van der Waals surface area contributed by atoms with Crippen LogP contribution >= 0.6 is 0 Å². The van der Waals surface area contributed by atoms with Gasteiger partial charge in [0.15, 0.2) is 0 Å². The third-order valence-electron chi connectivity index (χ3n) is 3.58. The van der Waals surface area contributed by atoms with Gasteiger partial charge >= 0.3 is 0 Å². The van der Waals surface area contributed by atoms with Crippen molar-refractivity contribution in [1.29, 1.82) is 0 Å². The molecule has 0 aromatic heterocycles. The molecule has 6 heteroatoms. The van der Waals surface area contributed by atoms with E-state index in [4.69, 9.17) is 4.74 Å². The zero-order valence-corrected chi connectivity index (χ0v) is 13.3. The van der Waals surface area contributed by atoms with Gasteiger partial charge in [-0.1, -0.05) is 17.7 Å². The van der Waals surface area contributed by atoms with Gasteiger partial charge < -0.3 is 20.7 Å². The second-order valence-corrected chi connectivity index (χ2v) is 5.60. The van der Waals surface area contributed by atoms with Crippen molar-refractivity contribution in [3.8, 4) is 0 Å². The number of aryl methyl sites for hydroxylation is 3. The summed E-state index contributed by atoms with van der Waals surface area (Å²) in [7, 11) is 0. The van der Waals surface area contributed by atoms with E-state index in [1.165, 1.54) is 0 Å². The maximum absolute atomic E-state index is 12.0. The lowest BCUT2D eigenvalue weighted by atomic mass is 10.1. The number of rotatable bonds is 4. The first-order chi connectivity index (χ1) is 10.5. The number of morpholine rings is 1. The Morgan fingerprint density at radius 1 is 1.27 bits per heavy atom. The average molecular weight is 305 g/mol. The molecule has 1 aromatic rings. The second kappa shape index (κ2) is 7.38. The van der Waals surface area contributed by atoms with Crippen molar-refractivity contribution in [3.05, 3.63) is 28.8 Å². The zero-order valence-electron chi connectivity index (χ0n) is 13.3. The number of carbonyl (C=O) groups is 2. The van der Waals surface area contributed by atoms with E-state index in [-0.39, 0.29) is 18.4 Å². The predicted molar refractivity (Wildman–Crippen MR) is 84.9 cm³/mol. The normalized spacial score (nSPS) is 17.9. The second-order valence-electron chi connectivity index (χ2n) is 5.60. The minimum atomic E-state index is -0.524. The topological polar surface area (TPSA) is 79.5 Å². The molecule has 2 amide bonds. The van der Waals surface area contributed by atoms with Crippen LogP contribution in [0.25, 0.3) is 0 Å². The molecule has 3 N–H and O–H groups in total. The van der Waals surface area contributed by atoms with E-state index in [1.807, 2.05) is 32.9 Å². The van der Waals surface area contributed by atoms with E-state index >= 15 is 0 Å². The number of ether oxygens (including phenoxy) is 1. The van der Waals surface area contributed by atoms with Crippen LogP contribution in [-0.2, 0) is 14.3 Å². The maximum Gasteiger partial charge on any atom is 0.250 e. The van der Waals surface area contributed by atoms with E-state index in [0.717, 1.165) is 28.9 Å². The van der Waals surface area contributed by atoms with Crippen LogP contribution in [0.5, 0.6) is 0 Å². The molecule has 120 valence electrons. The number of hydrogen-bond donors (Lipinski definition) is 3. The molecule has 0 aliphatic carbocycles. The van der Waals surface area contributed by atoms with Crippen molar-refractivity contribution < 1.29 is 14.3 Å². The number of nitrogens with one attached hydrogen (secondary N) is 3. The number of hydrogen-bond acceptors (Lipinski definition) is 4. The fourth-order valence-corrected chi connectivity index (χ4v) is 2.58. The molecule has 1 atom stereocenters. The average Bonchev–Trinajstić information content (AvgIpc) is 2.49. The summed E-state index contributed by atoms with van der Waals surface area (Å²) in [5.74, 6) is -0.508. The molecule has 1 heterocycles. The number of amides is 2. The standard InChI is InChI=1S/C16H23N3O3/c1-10-6-11(2)15(12(3)7-10)19-14(20)9-18-16(21)13-8-17-4-5-22-13/h6-7,13,17H,4-5,8-9H2,1-3H3,(H,18,21)(H,19,20). The Labute approximate surface area is 130 Å². The van der Waals surface area contributed by atoms with Crippen molar-refractivity contribution in [2.24, 2.45) is 0 Å². The Kier molecular flexibility index (Phi) is 5.51. The predicted octanol–water partition coefficient (Wildman–Crippen LogP) is 0.655. The minimum Gasteiger partial charge on any atom is -0.366 e. The molecule has 1 saturated heterocycles. The third-order valence-corrected chi connectivity index (χ3v) is 3.58. The van der Waals surface area contributed by atoms with Gasteiger partial charge in [0.1, 0.15) is 6.10 Å². The molecule has 6 nitrogen and oxygen atoms in total. The van der Waals surface area contributed by atoms with Gasteiger partial charge in [-0.15, -0.1) is 0 Å². The highest BCUT2D eigenvalue weighted by Crippen LogP contribution is 2.21. The molecule has 1 aliphatic rings. The Balaban J connectivity index is 1.87. The molecule has 0 radical (unpaired) electrons. The highest BCUT2D eigenvalue weighted by molar-refractivity contribution is 5.96. The van der Waals surface area contributed by atoms with E-state index < -0.39 is 6.10 Å². The van der Waals surface area contributed by atoms with E-state index in [0.29, 0.717) is 13.2 Å². The maximum atomic E-state index is 12.0. The molecular formula is C16H23N3O3. The van der Waals surface area contributed by atoms with Crippen molar-refractivity contribution in [2.75, 3.05) is 31.6 Å². The van der Waals surface area contributed by atoms with Gasteiger partial charge in [-0.25, -0.2) is 0 Å². The van der Waals surface area contributed by atoms with E-state index in [1.54, 1.807) is 0 Å². The Hall–Kier alpha value is -1.92.